The summed E-state index contributed by atoms with van der Waals surface area (Å²) >= 11 is 0. The molecule has 4 nitrogen and oxygen atoms in total. The lowest BCUT2D eigenvalue weighted by Crippen LogP contribution is -2.32. The van der Waals surface area contributed by atoms with E-state index in [1.54, 1.807) is 54.7 Å². The summed E-state index contributed by atoms with van der Waals surface area (Å²) in [6.45, 7) is 1.86. The molecule has 0 radical (unpaired) electrons. The van der Waals surface area contributed by atoms with E-state index in [4.69, 9.17) is 0 Å². The number of carbonyl (C=O) groups excluding carboxylic acids is 1. The summed E-state index contributed by atoms with van der Waals surface area (Å²) in [5.41, 5.74) is 2.65. The van der Waals surface area contributed by atoms with Crippen LogP contribution in [0.5, 0.6) is 0 Å². The SMILES string of the molecule is Cc1ccc(C(=O)N(C)[C@@H](c2cccc(F)c2)c2ccccn2)cn1. The monoisotopic (exact) mass is 335 g/mol. The smallest absolute Gasteiger partial charge is 0.255 e. The molecule has 0 aliphatic carbocycles. The molecule has 1 aromatic carbocycles. The number of aryl methyl sites for hydroxylation is 1. The van der Waals surface area contributed by atoms with E-state index in [0.717, 1.165) is 5.69 Å². The van der Waals surface area contributed by atoms with Crippen LogP contribution >= 0.6 is 0 Å². The molecule has 0 bridgehead atoms. The van der Waals surface area contributed by atoms with Gasteiger partial charge in [0.05, 0.1) is 17.3 Å². The second-order valence-corrected chi connectivity index (χ2v) is 5.82. The van der Waals surface area contributed by atoms with Gasteiger partial charge in [0.15, 0.2) is 0 Å². The van der Waals surface area contributed by atoms with E-state index in [-0.39, 0.29) is 11.7 Å². The maximum atomic E-state index is 13.7. The summed E-state index contributed by atoms with van der Waals surface area (Å²) in [7, 11) is 1.69. The first-order valence-corrected chi connectivity index (χ1v) is 7.92. The molecular weight excluding hydrogens is 317 g/mol. The summed E-state index contributed by atoms with van der Waals surface area (Å²) in [6, 6.07) is 14.7. The minimum atomic E-state index is -0.495. The fourth-order valence-electron chi connectivity index (χ4n) is 2.72. The van der Waals surface area contributed by atoms with Gasteiger partial charge < -0.3 is 4.90 Å². The van der Waals surface area contributed by atoms with Crippen molar-refractivity contribution in [2.75, 3.05) is 7.05 Å². The van der Waals surface area contributed by atoms with Gasteiger partial charge in [0.1, 0.15) is 5.82 Å². The normalized spacial score (nSPS) is 11.8. The van der Waals surface area contributed by atoms with Gasteiger partial charge >= 0.3 is 0 Å². The topological polar surface area (TPSA) is 46.1 Å². The van der Waals surface area contributed by atoms with Crippen molar-refractivity contribution in [3.05, 3.63) is 95.3 Å². The van der Waals surface area contributed by atoms with Crippen molar-refractivity contribution < 1.29 is 9.18 Å². The summed E-state index contributed by atoms with van der Waals surface area (Å²) in [4.78, 5) is 23.0. The lowest BCUT2D eigenvalue weighted by atomic mass is 10.0. The first kappa shape index (κ1) is 16.8. The number of hydrogen-bond donors (Lipinski definition) is 0. The molecule has 1 amide bonds. The first-order valence-electron chi connectivity index (χ1n) is 7.92. The molecule has 25 heavy (non-hydrogen) atoms. The second-order valence-electron chi connectivity index (χ2n) is 5.82. The lowest BCUT2D eigenvalue weighted by Gasteiger charge is -2.28. The number of pyridine rings is 2. The Morgan fingerprint density at radius 1 is 1.08 bits per heavy atom. The van der Waals surface area contributed by atoms with E-state index in [0.29, 0.717) is 16.8 Å². The van der Waals surface area contributed by atoms with Crippen LogP contribution in [0.2, 0.25) is 0 Å². The molecule has 126 valence electrons. The van der Waals surface area contributed by atoms with E-state index in [9.17, 15) is 9.18 Å². The number of nitrogens with zero attached hydrogens (tertiary/aromatic N) is 3. The zero-order valence-electron chi connectivity index (χ0n) is 14.1. The van der Waals surface area contributed by atoms with Crippen LogP contribution in [0.4, 0.5) is 4.39 Å². The van der Waals surface area contributed by atoms with E-state index in [2.05, 4.69) is 9.97 Å². The van der Waals surface area contributed by atoms with Crippen molar-refractivity contribution >= 4 is 5.91 Å². The average molecular weight is 335 g/mol. The third-order valence-electron chi connectivity index (χ3n) is 4.00. The van der Waals surface area contributed by atoms with Crippen LogP contribution < -0.4 is 0 Å². The van der Waals surface area contributed by atoms with Gasteiger partial charge in [-0.1, -0.05) is 18.2 Å². The van der Waals surface area contributed by atoms with E-state index in [1.165, 1.54) is 12.1 Å². The maximum absolute atomic E-state index is 13.7. The van der Waals surface area contributed by atoms with Crippen LogP contribution in [-0.2, 0) is 0 Å². The second kappa shape index (κ2) is 7.21. The highest BCUT2D eigenvalue weighted by atomic mass is 19.1. The van der Waals surface area contributed by atoms with Crippen molar-refractivity contribution in [3.63, 3.8) is 0 Å². The molecule has 0 aliphatic rings. The number of aromatic nitrogens is 2. The molecule has 0 unspecified atom stereocenters. The Labute approximate surface area is 146 Å². The van der Waals surface area contributed by atoms with Gasteiger partial charge in [-0.3, -0.25) is 14.8 Å². The quantitative estimate of drug-likeness (QED) is 0.729. The standard InChI is InChI=1S/C20H18FN3O/c1-14-9-10-16(13-23-14)20(25)24(2)19(18-8-3-4-11-22-18)15-6-5-7-17(21)12-15/h3-13,19H,1-2H3/t19-/m0/s1. The fourth-order valence-corrected chi connectivity index (χ4v) is 2.72. The van der Waals surface area contributed by atoms with Gasteiger partial charge in [-0.05, 0) is 48.9 Å². The number of benzene rings is 1. The Morgan fingerprint density at radius 2 is 1.92 bits per heavy atom. The summed E-state index contributed by atoms with van der Waals surface area (Å²) in [5.74, 6) is -0.552. The predicted octanol–water partition coefficient (Wildman–Crippen LogP) is 3.79. The Hall–Kier alpha value is -3.08. The number of hydrogen-bond acceptors (Lipinski definition) is 3. The maximum Gasteiger partial charge on any atom is 0.255 e. The van der Waals surface area contributed by atoms with Gasteiger partial charge in [-0.15, -0.1) is 0 Å². The third-order valence-corrected chi connectivity index (χ3v) is 4.00. The summed E-state index contributed by atoms with van der Waals surface area (Å²) < 4.78 is 13.7. The molecule has 0 fully saturated rings. The van der Waals surface area contributed by atoms with Crippen LogP contribution in [0.15, 0.2) is 67.0 Å². The molecule has 2 heterocycles. The van der Waals surface area contributed by atoms with E-state index < -0.39 is 6.04 Å². The molecule has 3 rings (SSSR count). The zero-order valence-corrected chi connectivity index (χ0v) is 14.1. The Kier molecular flexibility index (Phi) is 4.84. The molecule has 0 spiro atoms. The van der Waals surface area contributed by atoms with Gasteiger partial charge in [0, 0.05) is 25.1 Å². The predicted molar refractivity (Wildman–Crippen MR) is 93.5 cm³/mol. The Balaban J connectivity index is 2.02. The van der Waals surface area contributed by atoms with Gasteiger partial charge in [0.2, 0.25) is 0 Å². The highest BCUT2D eigenvalue weighted by Crippen LogP contribution is 2.27. The molecular formula is C20H18FN3O. The van der Waals surface area contributed by atoms with Crippen molar-refractivity contribution in [2.45, 2.75) is 13.0 Å². The molecule has 0 N–H and O–H groups in total. The highest BCUT2D eigenvalue weighted by Gasteiger charge is 2.26. The Bertz CT molecular complexity index is 866. The summed E-state index contributed by atoms with van der Waals surface area (Å²) in [6.07, 6.45) is 3.21. The van der Waals surface area contributed by atoms with E-state index in [1.807, 2.05) is 19.1 Å². The molecule has 0 saturated heterocycles. The zero-order chi connectivity index (χ0) is 17.8. The van der Waals surface area contributed by atoms with Gasteiger partial charge in [-0.25, -0.2) is 4.39 Å². The van der Waals surface area contributed by atoms with Gasteiger partial charge in [-0.2, -0.15) is 0 Å². The number of rotatable bonds is 4. The molecule has 3 aromatic rings. The van der Waals surface area contributed by atoms with Crippen LogP contribution in [0.1, 0.15) is 33.4 Å². The lowest BCUT2D eigenvalue weighted by molar-refractivity contribution is 0.0752. The molecule has 1 atom stereocenters. The van der Waals surface area contributed by atoms with Crippen molar-refractivity contribution in [1.82, 2.24) is 14.9 Å². The minimum absolute atomic E-state index is 0.201. The van der Waals surface area contributed by atoms with Crippen molar-refractivity contribution in [3.8, 4) is 0 Å². The van der Waals surface area contributed by atoms with Crippen molar-refractivity contribution in [2.24, 2.45) is 0 Å². The number of amides is 1. The van der Waals surface area contributed by atoms with Crippen molar-refractivity contribution in [1.29, 1.82) is 0 Å². The van der Waals surface area contributed by atoms with E-state index >= 15 is 0 Å². The highest BCUT2D eigenvalue weighted by molar-refractivity contribution is 5.94. The van der Waals surface area contributed by atoms with Gasteiger partial charge in [0.25, 0.3) is 5.91 Å². The number of halogens is 1. The molecule has 5 heteroatoms. The third kappa shape index (κ3) is 3.71. The molecule has 0 aliphatic heterocycles. The average Bonchev–Trinajstić information content (AvgIpc) is 2.63. The number of carbonyl (C=O) groups is 1. The van der Waals surface area contributed by atoms with Crippen LogP contribution in [0.3, 0.4) is 0 Å². The van der Waals surface area contributed by atoms with Crippen LogP contribution in [0.25, 0.3) is 0 Å². The van der Waals surface area contributed by atoms with Crippen LogP contribution in [0, 0.1) is 12.7 Å². The van der Waals surface area contributed by atoms with Crippen LogP contribution in [-0.4, -0.2) is 27.8 Å². The first-order chi connectivity index (χ1) is 12.1. The molecule has 0 saturated carbocycles. The Morgan fingerprint density at radius 3 is 2.56 bits per heavy atom. The minimum Gasteiger partial charge on any atom is -0.329 e. The fraction of sp³-hybridized carbons (Fsp3) is 0.150. The molecule has 2 aromatic heterocycles. The summed E-state index contributed by atoms with van der Waals surface area (Å²) in [5, 5.41) is 0. The largest absolute Gasteiger partial charge is 0.329 e.